The molecule has 0 aliphatic heterocycles. The van der Waals surface area contributed by atoms with Gasteiger partial charge in [-0.05, 0) is 50.4 Å². The number of furan rings is 1. The monoisotopic (exact) mass is 438 g/mol. The van der Waals surface area contributed by atoms with Gasteiger partial charge in [0.05, 0.1) is 11.9 Å². The third-order valence-corrected chi connectivity index (χ3v) is 5.49. The van der Waals surface area contributed by atoms with Crippen LogP contribution in [-0.4, -0.2) is 24.5 Å². The van der Waals surface area contributed by atoms with Gasteiger partial charge in [0.15, 0.2) is 4.67 Å². The van der Waals surface area contributed by atoms with E-state index < -0.39 is 21.8 Å². The third kappa shape index (κ3) is 3.44. The molecule has 2 heterocycles. The van der Waals surface area contributed by atoms with E-state index in [0.717, 1.165) is 11.6 Å². The van der Waals surface area contributed by atoms with Gasteiger partial charge in [0.2, 0.25) is 5.76 Å². The second-order valence-electron chi connectivity index (χ2n) is 3.99. The molecule has 2 aromatic rings. The second-order valence-corrected chi connectivity index (χ2v) is 7.11. The van der Waals surface area contributed by atoms with Gasteiger partial charge in [0.25, 0.3) is 10.0 Å². The molecule has 2 rings (SSSR count). The van der Waals surface area contributed by atoms with Crippen molar-refractivity contribution >= 4 is 53.5 Å². The van der Waals surface area contributed by atoms with E-state index >= 15 is 0 Å². The Hall–Kier alpha value is -1.39. The van der Waals surface area contributed by atoms with Crippen molar-refractivity contribution in [1.29, 1.82) is 0 Å². The van der Waals surface area contributed by atoms with Crippen molar-refractivity contribution in [1.82, 2.24) is 4.98 Å². The van der Waals surface area contributed by atoms with Crippen molar-refractivity contribution in [3.63, 3.8) is 0 Å². The van der Waals surface area contributed by atoms with Crippen LogP contribution in [0.3, 0.4) is 0 Å². The van der Waals surface area contributed by atoms with Crippen molar-refractivity contribution in [3.8, 4) is 0 Å². The zero-order valence-corrected chi connectivity index (χ0v) is 14.4. The minimum Gasteiger partial charge on any atom is -0.475 e. The molecule has 112 valence electrons. The summed E-state index contributed by atoms with van der Waals surface area (Å²) >= 11 is 6.10. The van der Waals surface area contributed by atoms with Crippen LogP contribution in [0.15, 0.2) is 36.9 Å². The lowest BCUT2D eigenvalue weighted by Gasteiger charge is -2.07. The highest BCUT2D eigenvalue weighted by atomic mass is 79.9. The smallest absolute Gasteiger partial charge is 0.371 e. The van der Waals surface area contributed by atoms with Gasteiger partial charge >= 0.3 is 5.97 Å². The van der Waals surface area contributed by atoms with Gasteiger partial charge in [0.1, 0.15) is 9.50 Å². The summed E-state index contributed by atoms with van der Waals surface area (Å²) in [5, 5.41) is 8.80. The summed E-state index contributed by atoms with van der Waals surface area (Å²) in [7, 11) is -4.00. The molecule has 0 bridgehead atoms. The summed E-state index contributed by atoms with van der Waals surface area (Å²) in [6.45, 7) is 1.76. The number of nitrogens with one attached hydrogen (secondary N) is 1. The number of carbonyl (C=O) groups is 1. The summed E-state index contributed by atoms with van der Waals surface area (Å²) in [6, 6.07) is 2.51. The maximum Gasteiger partial charge on any atom is 0.371 e. The molecule has 0 aliphatic carbocycles. The van der Waals surface area contributed by atoms with Gasteiger partial charge in [-0.25, -0.2) is 18.2 Å². The molecule has 0 atom stereocenters. The fourth-order valence-corrected chi connectivity index (χ4v) is 3.66. The van der Waals surface area contributed by atoms with E-state index in [-0.39, 0.29) is 15.3 Å². The number of aromatic carboxylic acids is 1. The fourth-order valence-electron chi connectivity index (χ4n) is 1.46. The number of aromatic nitrogens is 1. The van der Waals surface area contributed by atoms with E-state index in [0.29, 0.717) is 4.60 Å². The summed E-state index contributed by atoms with van der Waals surface area (Å²) in [5.41, 5.74) is 0.994. The van der Waals surface area contributed by atoms with Crippen molar-refractivity contribution in [2.24, 2.45) is 0 Å². The van der Waals surface area contributed by atoms with E-state index in [9.17, 15) is 13.2 Å². The van der Waals surface area contributed by atoms with Crippen LogP contribution in [0.5, 0.6) is 0 Å². The number of halogens is 2. The van der Waals surface area contributed by atoms with Crippen molar-refractivity contribution in [2.45, 2.75) is 11.8 Å². The van der Waals surface area contributed by atoms with Crippen molar-refractivity contribution in [3.05, 3.63) is 38.9 Å². The zero-order valence-electron chi connectivity index (χ0n) is 10.4. The Morgan fingerprint density at radius 1 is 1.38 bits per heavy atom. The number of nitrogens with zero attached hydrogens (tertiary/aromatic N) is 1. The lowest BCUT2D eigenvalue weighted by Crippen LogP contribution is -2.13. The SMILES string of the molecule is Cc1cc(NS(=O)(=O)c2cc(C(=O)O)oc2Br)cnc1Br. The number of aryl methyl sites for hydroxylation is 1. The van der Waals surface area contributed by atoms with Gasteiger partial charge in [-0.3, -0.25) is 4.72 Å². The minimum atomic E-state index is -4.00. The first kappa shape index (κ1) is 16.0. The molecule has 0 saturated heterocycles. The van der Waals surface area contributed by atoms with Gasteiger partial charge in [-0.2, -0.15) is 0 Å². The van der Waals surface area contributed by atoms with Crippen molar-refractivity contribution < 1.29 is 22.7 Å². The zero-order chi connectivity index (χ0) is 15.8. The van der Waals surface area contributed by atoms with E-state index in [1.54, 1.807) is 13.0 Å². The van der Waals surface area contributed by atoms with Crippen molar-refractivity contribution in [2.75, 3.05) is 4.72 Å². The van der Waals surface area contributed by atoms with Crippen LogP contribution < -0.4 is 4.72 Å². The lowest BCUT2D eigenvalue weighted by atomic mass is 10.3. The minimum absolute atomic E-state index is 0.186. The van der Waals surface area contributed by atoms with E-state index in [4.69, 9.17) is 9.52 Å². The molecule has 0 aromatic carbocycles. The Labute approximate surface area is 136 Å². The molecule has 0 radical (unpaired) electrons. The molecular weight excluding hydrogens is 432 g/mol. The molecule has 0 aliphatic rings. The van der Waals surface area contributed by atoms with Crippen LogP contribution in [0.25, 0.3) is 0 Å². The quantitative estimate of drug-likeness (QED) is 0.708. The number of anilines is 1. The molecular formula is C11H8Br2N2O5S. The summed E-state index contributed by atoms with van der Waals surface area (Å²) in [6.07, 6.45) is 1.33. The Kier molecular flexibility index (Phi) is 4.40. The predicted octanol–water partition coefficient (Wildman–Crippen LogP) is 3.01. The van der Waals surface area contributed by atoms with Crippen LogP contribution in [0.4, 0.5) is 5.69 Å². The fraction of sp³-hybridized carbons (Fsp3) is 0.0909. The van der Waals surface area contributed by atoms with Crippen LogP contribution >= 0.6 is 31.9 Å². The highest BCUT2D eigenvalue weighted by Crippen LogP contribution is 2.28. The summed E-state index contributed by atoms with van der Waals surface area (Å²) < 4.78 is 32.0. The van der Waals surface area contributed by atoms with E-state index in [2.05, 4.69) is 41.6 Å². The Morgan fingerprint density at radius 3 is 2.57 bits per heavy atom. The Bertz CT molecular complexity index is 816. The number of rotatable bonds is 4. The highest BCUT2D eigenvalue weighted by molar-refractivity contribution is 9.10. The van der Waals surface area contributed by atoms with Gasteiger partial charge in [-0.1, -0.05) is 0 Å². The summed E-state index contributed by atoms with van der Waals surface area (Å²) in [4.78, 5) is 14.5. The number of sulfonamides is 1. The highest BCUT2D eigenvalue weighted by Gasteiger charge is 2.25. The number of pyridine rings is 1. The van der Waals surface area contributed by atoms with Crippen LogP contribution in [0.1, 0.15) is 16.1 Å². The Balaban J connectivity index is 2.38. The molecule has 0 fully saturated rings. The summed E-state index contributed by atoms with van der Waals surface area (Å²) in [5.74, 6) is -1.84. The molecule has 7 nitrogen and oxygen atoms in total. The molecule has 21 heavy (non-hydrogen) atoms. The van der Waals surface area contributed by atoms with Crippen LogP contribution in [-0.2, 0) is 10.0 Å². The van der Waals surface area contributed by atoms with E-state index in [1.165, 1.54) is 6.20 Å². The third-order valence-electron chi connectivity index (χ3n) is 2.42. The average Bonchev–Trinajstić information content (AvgIpc) is 2.77. The number of hydrogen-bond acceptors (Lipinski definition) is 5. The Morgan fingerprint density at radius 2 is 2.05 bits per heavy atom. The molecule has 0 amide bonds. The lowest BCUT2D eigenvalue weighted by molar-refractivity contribution is 0.0661. The molecule has 2 N–H and O–H groups in total. The maximum absolute atomic E-state index is 12.2. The first-order valence-electron chi connectivity index (χ1n) is 5.38. The first-order valence-corrected chi connectivity index (χ1v) is 8.45. The number of carboxylic acids is 1. The number of hydrogen-bond donors (Lipinski definition) is 2. The average molecular weight is 440 g/mol. The maximum atomic E-state index is 12.2. The topological polar surface area (TPSA) is 110 Å². The molecule has 0 unspecified atom stereocenters. The van der Waals surface area contributed by atoms with Gasteiger partial charge in [-0.15, -0.1) is 0 Å². The van der Waals surface area contributed by atoms with Crippen LogP contribution in [0.2, 0.25) is 0 Å². The largest absolute Gasteiger partial charge is 0.475 e. The van der Waals surface area contributed by atoms with E-state index in [1.807, 2.05) is 0 Å². The molecule has 10 heteroatoms. The van der Waals surface area contributed by atoms with Crippen LogP contribution in [0, 0.1) is 6.92 Å². The molecule has 0 spiro atoms. The first-order chi connectivity index (χ1) is 9.70. The molecule has 0 saturated carbocycles. The normalized spacial score (nSPS) is 11.4. The number of carboxylic acid groups (broad SMARTS) is 1. The molecule has 2 aromatic heterocycles. The predicted molar refractivity (Wildman–Crippen MR) is 80.8 cm³/mol. The second kappa shape index (κ2) is 5.78. The van der Waals surface area contributed by atoms with Gasteiger partial charge in [0, 0.05) is 6.07 Å². The van der Waals surface area contributed by atoms with Gasteiger partial charge < -0.3 is 9.52 Å². The standard InChI is InChI=1S/C11H8Br2N2O5S/c1-5-2-6(4-14-9(5)12)15-21(18,19)8-3-7(11(16)17)20-10(8)13/h2-4,15H,1H3,(H,16,17).